The van der Waals surface area contributed by atoms with Gasteiger partial charge in [-0.1, -0.05) is 91.0 Å². The third-order valence-corrected chi connectivity index (χ3v) is 6.69. The van der Waals surface area contributed by atoms with Crippen LogP contribution in [0, 0.1) is 0 Å². The molecule has 0 atom stereocenters. The lowest BCUT2D eigenvalue weighted by Crippen LogP contribution is -2.22. The normalized spacial score (nSPS) is 10.7. The third-order valence-electron chi connectivity index (χ3n) is 4.24. The molecule has 0 aliphatic rings. The molecule has 4 aromatic rings. The lowest BCUT2D eigenvalue weighted by molar-refractivity contribution is 0.297. The van der Waals surface area contributed by atoms with Crippen LogP contribution in [-0.2, 0) is 6.61 Å². The molecular formula is C24H20NOP. The lowest BCUT2D eigenvalue weighted by atomic mass is 10.2. The zero-order valence-corrected chi connectivity index (χ0v) is 15.8. The first-order chi connectivity index (χ1) is 13.4. The average Bonchev–Trinajstić information content (AvgIpc) is 2.76. The smallest absolute Gasteiger partial charge is 0.222 e. The summed E-state index contributed by atoms with van der Waals surface area (Å²) in [6.07, 6.45) is 1.80. The molecule has 0 saturated heterocycles. The van der Waals surface area contributed by atoms with Gasteiger partial charge in [0.2, 0.25) is 5.88 Å². The predicted octanol–water partition coefficient (Wildman–Crippen LogP) is 4.42. The quantitative estimate of drug-likeness (QED) is 0.470. The summed E-state index contributed by atoms with van der Waals surface area (Å²) in [5, 5.41) is 3.72. The largest absolute Gasteiger partial charge is 0.472 e. The van der Waals surface area contributed by atoms with Crippen molar-refractivity contribution in [3.63, 3.8) is 0 Å². The number of aromatic nitrogens is 1. The Morgan fingerprint density at radius 2 is 1.19 bits per heavy atom. The zero-order chi connectivity index (χ0) is 18.3. The molecule has 3 aromatic carbocycles. The SMILES string of the molecule is c1ccc(COc2ncccc2P(c2ccccc2)c2ccccc2)cc1. The van der Waals surface area contributed by atoms with Crippen LogP contribution in [-0.4, -0.2) is 4.98 Å². The van der Waals surface area contributed by atoms with Crippen molar-refractivity contribution in [2.45, 2.75) is 6.61 Å². The van der Waals surface area contributed by atoms with E-state index in [1.54, 1.807) is 6.20 Å². The molecule has 0 fully saturated rings. The molecule has 0 amide bonds. The minimum Gasteiger partial charge on any atom is -0.472 e. The number of benzene rings is 3. The highest BCUT2D eigenvalue weighted by atomic mass is 31.1. The van der Waals surface area contributed by atoms with Gasteiger partial charge in [-0.2, -0.15) is 0 Å². The van der Waals surface area contributed by atoms with E-state index in [9.17, 15) is 0 Å². The topological polar surface area (TPSA) is 22.1 Å². The van der Waals surface area contributed by atoms with E-state index in [0.717, 1.165) is 10.9 Å². The summed E-state index contributed by atoms with van der Waals surface area (Å²) in [6.45, 7) is 0.512. The Morgan fingerprint density at radius 3 is 1.78 bits per heavy atom. The monoisotopic (exact) mass is 369 g/mol. The zero-order valence-electron chi connectivity index (χ0n) is 14.9. The van der Waals surface area contributed by atoms with Gasteiger partial charge in [0.15, 0.2) is 0 Å². The second kappa shape index (κ2) is 8.62. The van der Waals surface area contributed by atoms with Crippen LogP contribution in [0.2, 0.25) is 0 Å². The minimum absolute atomic E-state index is 0.512. The lowest BCUT2D eigenvalue weighted by Gasteiger charge is -2.21. The maximum Gasteiger partial charge on any atom is 0.222 e. The summed E-state index contributed by atoms with van der Waals surface area (Å²) >= 11 is 0. The molecule has 0 bridgehead atoms. The van der Waals surface area contributed by atoms with Gasteiger partial charge in [-0.3, -0.25) is 0 Å². The van der Waals surface area contributed by atoms with E-state index in [2.05, 4.69) is 83.8 Å². The second-order valence-corrected chi connectivity index (χ2v) is 8.29. The Labute approximate surface area is 161 Å². The minimum atomic E-state index is -0.735. The van der Waals surface area contributed by atoms with Crippen molar-refractivity contribution in [3.8, 4) is 5.88 Å². The number of rotatable bonds is 6. The molecule has 1 heterocycles. The van der Waals surface area contributed by atoms with E-state index in [0.29, 0.717) is 12.5 Å². The molecule has 0 radical (unpaired) electrons. The highest BCUT2D eigenvalue weighted by Gasteiger charge is 2.20. The number of pyridine rings is 1. The van der Waals surface area contributed by atoms with Gasteiger partial charge in [0, 0.05) is 11.5 Å². The first-order valence-electron chi connectivity index (χ1n) is 8.94. The molecule has 0 N–H and O–H groups in total. The summed E-state index contributed by atoms with van der Waals surface area (Å²) < 4.78 is 6.15. The fourth-order valence-corrected chi connectivity index (χ4v) is 5.31. The van der Waals surface area contributed by atoms with Crippen molar-refractivity contribution < 1.29 is 4.74 Å². The molecule has 0 unspecified atom stereocenters. The Bertz CT molecular complexity index is 935. The summed E-state index contributed by atoms with van der Waals surface area (Å²) in [6, 6.07) is 35.6. The van der Waals surface area contributed by atoms with Gasteiger partial charge in [-0.25, -0.2) is 4.98 Å². The first-order valence-corrected chi connectivity index (χ1v) is 10.3. The van der Waals surface area contributed by atoms with Crippen molar-refractivity contribution in [1.82, 2.24) is 4.98 Å². The molecule has 0 spiro atoms. The Morgan fingerprint density at radius 1 is 0.630 bits per heavy atom. The van der Waals surface area contributed by atoms with Crippen LogP contribution in [0.3, 0.4) is 0 Å². The molecule has 2 nitrogen and oxygen atoms in total. The van der Waals surface area contributed by atoms with Crippen LogP contribution < -0.4 is 20.7 Å². The second-order valence-electron chi connectivity index (χ2n) is 6.11. The highest BCUT2D eigenvalue weighted by Crippen LogP contribution is 2.35. The molecule has 27 heavy (non-hydrogen) atoms. The first kappa shape index (κ1) is 17.5. The number of hydrogen-bond acceptors (Lipinski definition) is 2. The van der Waals surface area contributed by atoms with E-state index in [-0.39, 0.29) is 0 Å². The van der Waals surface area contributed by atoms with Gasteiger partial charge in [0.1, 0.15) is 6.61 Å². The predicted molar refractivity (Wildman–Crippen MR) is 114 cm³/mol. The maximum atomic E-state index is 6.15. The molecule has 4 rings (SSSR count). The average molecular weight is 369 g/mol. The third kappa shape index (κ3) is 4.24. The van der Waals surface area contributed by atoms with Crippen molar-refractivity contribution in [2.75, 3.05) is 0 Å². The van der Waals surface area contributed by atoms with Crippen LogP contribution in [0.15, 0.2) is 109 Å². The van der Waals surface area contributed by atoms with E-state index in [4.69, 9.17) is 4.74 Å². The van der Waals surface area contributed by atoms with Crippen molar-refractivity contribution in [1.29, 1.82) is 0 Å². The molecular weight excluding hydrogens is 349 g/mol. The van der Waals surface area contributed by atoms with Crippen LogP contribution in [0.1, 0.15) is 5.56 Å². The van der Waals surface area contributed by atoms with Gasteiger partial charge >= 0.3 is 0 Å². The summed E-state index contributed by atoms with van der Waals surface area (Å²) in [7, 11) is -0.735. The van der Waals surface area contributed by atoms with Gasteiger partial charge < -0.3 is 4.74 Å². The van der Waals surface area contributed by atoms with Gasteiger partial charge in [0.05, 0.1) is 0 Å². The van der Waals surface area contributed by atoms with E-state index in [1.165, 1.54) is 10.6 Å². The molecule has 132 valence electrons. The fraction of sp³-hybridized carbons (Fsp3) is 0.0417. The van der Waals surface area contributed by atoms with Crippen molar-refractivity contribution in [3.05, 3.63) is 115 Å². The Balaban J connectivity index is 1.72. The highest BCUT2D eigenvalue weighted by molar-refractivity contribution is 7.80. The van der Waals surface area contributed by atoms with Crippen LogP contribution in [0.4, 0.5) is 0 Å². The maximum absolute atomic E-state index is 6.15. The van der Waals surface area contributed by atoms with Crippen molar-refractivity contribution in [2.24, 2.45) is 0 Å². The van der Waals surface area contributed by atoms with Crippen LogP contribution in [0.5, 0.6) is 5.88 Å². The van der Waals surface area contributed by atoms with E-state index >= 15 is 0 Å². The summed E-state index contributed by atoms with van der Waals surface area (Å²) in [4.78, 5) is 4.56. The number of nitrogens with zero attached hydrogens (tertiary/aromatic N) is 1. The standard InChI is InChI=1S/C24H20NOP/c1-4-11-20(12-5-1)19-26-24-23(17-10-18-25-24)27(21-13-6-2-7-14-21)22-15-8-3-9-16-22/h1-18H,19H2. The van der Waals surface area contributed by atoms with Gasteiger partial charge in [-0.15, -0.1) is 0 Å². The molecule has 1 aromatic heterocycles. The van der Waals surface area contributed by atoms with Gasteiger partial charge in [0.25, 0.3) is 0 Å². The molecule has 3 heteroatoms. The Kier molecular flexibility index (Phi) is 5.57. The molecule has 0 saturated carbocycles. The Hall–Kier alpha value is -2.96. The van der Waals surface area contributed by atoms with Crippen LogP contribution in [0.25, 0.3) is 0 Å². The summed E-state index contributed by atoms with van der Waals surface area (Å²) in [5.74, 6) is 0.708. The number of hydrogen-bond donors (Lipinski definition) is 0. The van der Waals surface area contributed by atoms with Gasteiger partial charge in [-0.05, 0) is 36.2 Å². The fourth-order valence-electron chi connectivity index (χ4n) is 2.97. The number of ether oxygens (including phenoxy) is 1. The molecule has 0 aliphatic carbocycles. The van der Waals surface area contributed by atoms with E-state index < -0.39 is 7.92 Å². The summed E-state index contributed by atoms with van der Waals surface area (Å²) in [5.41, 5.74) is 1.14. The van der Waals surface area contributed by atoms with Crippen molar-refractivity contribution >= 4 is 23.8 Å². The van der Waals surface area contributed by atoms with E-state index in [1.807, 2.05) is 24.3 Å². The molecule has 0 aliphatic heterocycles. The van der Waals surface area contributed by atoms with Crippen LogP contribution >= 0.6 is 7.92 Å².